The summed E-state index contributed by atoms with van der Waals surface area (Å²) in [5, 5.41) is 29.3. The van der Waals surface area contributed by atoms with Gasteiger partial charge in [0.15, 0.2) is 11.6 Å². The molecule has 2 aliphatic rings. The third-order valence-corrected chi connectivity index (χ3v) is 5.40. The number of anilines is 1. The first-order chi connectivity index (χ1) is 14.5. The van der Waals surface area contributed by atoms with Gasteiger partial charge in [-0.25, -0.2) is 4.68 Å². The molecule has 5 rings (SSSR count). The molecule has 0 saturated heterocycles. The maximum atomic E-state index is 12.9. The van der Waals surface area contributed by atoms with Gasteiger partial charge in [0.25, 0.3) is 5.69 Å². The van der Waals surface area contributed by atoms with E-state index in [1.54, 1.807) is 42.5 Å². The number of carbonyl (C=O) groups is 1. The van der Waals surface area contributed by atoms with Crippen molar-refractivity contribution in [2.75, 3.05) is 5.32 Å². The number of hydrogen-bond donors (Lipinski definition) is 2. The largest absolute Gasteiger partial charge is 0.508 e. The summed E-state index contributed by atoms with van der Waals surface area (Å²) in [5.74, 6) is 0.789. The summed E-state index contributed by atoms with van der Waals surface area (Å²) in [5.41, 5.74) is 2.15. The normalized spacial score (nSPS) is 17.9. The monoisotopic (exact) mass is 403 g/mol. The Bertz CT molecular complexity index is 1230. The van der Waals surface area contributed by atoms with Gasteiger partial charge in [-0.15, -0.1) is 5.10 Å². The molecule has 150 valence electrons. The first kappa shape index (κ1) is 18.0. The number of phenols is 1. The van der Waals surface area contributed by atoms with Gasteiger partial charge in [0.1, 0.15) is 11.8 Å². The number of aromatic hydroxyl groups is 1. The summed E-state index contributed by atoms with van der Waals surface area (Å²) in [6.07, 6.45) is 1.76. The van der Waals surface area contributed by atoms with Gasteiger partial charge in [-0.2, -0.15) is 4.98 Å². The highest BCUT2D eigenvalue weighted by Crippen LogP contribution is 2.43. The molecule has 9 nitrogen and oxygen atoms in total. The van der Waals surface area contributed by atoms with Gasteiger partial charge < -0.3 is 10.4 Å². The minimum absolute atomic E-state index is 0.0491. The third-order valence-electron chi connectivity index (χ3n) is 5.40. The maximum Gasteiger partial charge on any atom is 0.275 e. The van der Waals surface area contributed by atoms with Crippen molar-refractivity contribution in [1.82, 2.24) is 14.8 Å². The number of allylic oxidation sites excluding steroid dienone is 2. The number of benzene rings is 2. The Hall–Kier alpha value is -4.01. The molecular weight excluding hydrogens is 386 g/mol. The molecule has 30 heavy (non-hydrogen) atoms. The molecule has 0 radical (unpaired) electrons. The van der Waals surface area contributed by atoms with Gasteiger partial charge in [0, 0.05) is 29.3 Å². The zero-order valence-corrected chi connectivity index (χ0v) is 15.8. The van der Waals surface area contributed by atoms with Crippen molar-refractivity contribution in [1.29, 1.82) is 0 Å². The molecule has 0 spiro atoms. The van der Waals surface area contributed by atoms with E-state index in [1.807, 2.05) is 0 Å². The number of phenolic OH excluding ortho intramolecular Hbond substituents is 1. The number of para-hydroxylation sites is 1. The quantitative estimate of drug-likeness (QED) is 0.506. The van der Waals surface area contributed by atoms with Crippen LogP contribution in [0.1, 0.15) is 30.9 Å². The summed E-state index contributed by atoms with van der Waals surface area (Å²) < 4.78 is 1.53. The number of nitro groups is 1. The Labute approximate surface area is 170 Å². The topological polar surface area (TPSA) is 123 Å². The average molecular weight is 403 g/mol. The third kappa shape index (κ3) is 2.83. The molecule has 9 heteroatoms. The number of rotatable bonds is 3. The molecule has 1 unspecified atom stereocenters. The summed E-state index contributed by atoms with van der Waals surface area (Å²) in [6.45, 7) is 0. The number of nitrogens with one attached hydrogen (secondary N) is 1. The molecule has 1 atom stereocenters. The molecule has 3 aromatic rings. The van der Waals surface area contributed by atoms with E-state index >= 15 is 0 Å². The lowest BCUT2D eigenvalue weighted by atomic mass is 9.85. The fraction of sp³-hybridized carbons (Fsp3) is 0.190. The highest BCUT2D eigenvalue weighted by molar-refractivity contribution is 5.99. The number of nitrogens with zero attached hydrogens (tertiary/aromatic N) is 4. The molecule has 2 heterocycles. The van der Waals surface area contributed by atoms with Gasteiger partial charge >= 0.3 is 0 Å². The van der Waals surface area contributed by atoms with Crippen molar-refractivity contribution in [2.24, 2.45) is 0 Å². The maximum absolute atomic E-state index is 12.9. The van der Waals surface area contributed by atoms with Crippen molar-refractivity contribution >= 4 is 17.4 Å². The molecule has 0 amide bonds. The summed E-state index contributed by atoms with van der Waals surface area (Å²) in [6, 6.07) is 12.2. The molecule has 1 aliphatic heterocycles. The van der Waals surface area contributed by atoms with E-state index in [4.69, 9.17) is 0 Å². The Morgan fingerprint density at radius 2 is 2.00 bits per heavy atom. The van der Waals surface area contributed by atoms with Crippen molar-refractivity contribution in [2.45, 2.75) is 25.3 Å². The van der Waals surface area contributed by atoms with Crippen LogP contribution in [-0.2, 0) is 4.79 Å². The lowest BCUT2D eigenvalue weighted by Crippen LogP contribution is -2.31. The van der Waals surface area contributed by atoms with Gasteiger partial charge in [0.05, 0.1) is 10.5 Å². The summed E-state index contributed by atoms with van der Waals surface area (Å²) in [4.78, 5) is 28.7. The minimum atomic E-state index is -0.746. The second-order valence-corrected chi connectivity index (χ2v) is 7.27. The first-order valence-electron chi connectivity index (χ1n) is 9.55. The average Bonchev–Trinajstić information content (AvgIpc) is 3.16. The van der Waals surface area contributed by atoms with Crippen LogP contribution in [0.15, 0.2) is 59.8 Å². The van der Waals surface area contributed by atoms with E-state index in [0.29, 0.717) is 47.7 Å². The van der Waals surface area contributed by atoms with Gasteiger partial charge in [-0.05, 0) is 31.0 Å². The van der Waals surface area contributed by atoms with Crippen molar-refractivity contribution in [3.05, 3.63) is 75.5 Å². The molecule has 1 aliphatic carbocycles. The predicted molar refractivity (Wildman–Crippen MR) is 108 cm³/mol. The van der Waals surface area contributed by atoms with Gasteiger partial charge in [-0.1, -0.05) is 24.3 Å². The van der Waals surface area contributed by atoms with E-state index in [0.717, 1.165) is 5.70 Å². The number of carbonyl (C=O) groups excluding carboxylic acids is 1. The second kappa shape index (κ2) is 6.80. The molecule has 0 saturated carbocycles. The molecule has 1 aromatic heterocycles. The molecule has 0 bridgehead atoms. The van der Waals surface area contributed by atoms with Crippen LogP contribution >= 0.6 is 0 Å². The fourth-order valence-electron chi connectivity index (χ4n) is 4.10. The van der Waals surface area contributed by atoms with Crippen molar-refractivity contribution in [3.63, 3.8) is 0 Å². The van der Waals surface area contributed by atoms with E-state index in [9.17, 15) is 20.0 Å². The van der Waals surface area contributed by atoms with Gasteiger partial charge in [0.2, 0.25) is 5.95 Å². The van der Waals surface area contributed by atoms with E-state index in [1.165, 1.54) is 10.7 Å². The SMILES string of the molecule is O=C1CCCC2=C1C(c1ccccc1[N+](=O)[O-])n1nc(-c3cccc(O)c3)nc1N2. The van der Waals surface area contributed by atoms with Crippen LogP contribution in [0.5, 0.6) is 5.75 Å². The zero-order valence-electron chi connectivity index (χ0n) is 15.8. The van der Waals surface area contributed by atoms with Crippen LogP contribution in [-0.4, -0.2) is 30.6 Å². The van der Waals surface area contributed by atoms with Gasteiger partial charge in [-0.3, -0.25) is 14.9 Å². The molecule has 2 aromatic carbocycles. The van der Waals surface area contributed by atoms with Crippen LogP contribution in [0.25, 0.3) is 11.4 Å². The Kier molecular flexibility index (Phi) is 4.09. The fourth-order valence-corrected chi connectivity index (χ4v) is 4.10. The van der Waals surface area contributed by atoms with Crippen molar-refractivity contribution < 1.29 is 14.8 Å². The Morgan fingerprint density at radius 1 is 1.17 bits per heavy atom. The highest BCUT2D eigenvalue weighted by atomic mass is 16.6. The zero-order chi connectivity index (χ0) is 20.8. The Morgan fingerprint density at radius 3 is 2.80 bits per heavy atom. The molecule has 2 N–H and O–H groups in total. The number of nitro benzene ring substituents is 1. The number of ketones is 1. The predicted octanol–water partition coefficient (Wildman–Crippen LogP) is 3.58. The van der Waals surface area contributed by atoms with E-state index in [2.05, 4.69) is 15.4 Å². The molecule has 0 fully saturated rings. The smallest absolute Gasteiger partial charge is 0.275 e. The Balaban J connectivity index is 1.73. The van der Waals surface area contributed by atoms with Crippen LogP contribution < -0.4 is 5.32 Å². The summed E-state index contributed by atoms with van der Waals surface area (Å²) in [7, 11) is 0. The number of aromatic nitrogens is 3. The van der Waals surface area contributed by atoms with E-state index in [-0.39, 0.29) is 17.2 Å². The van der Waals surface area contributed by atoms with Crippen LogP contribution in [0.4, 0.5) is 11.6 Å². The lowest BCUT2D eigenvalue weighted by Gasteiger charge is -2.31. The van der Waals surface area contributed by atoms with Crippen LogP contribution in [0.3, 0.4) is 0 Å². The number of fused-ring (bicyclic) bond motifs is 1. The lowest BCUT2D eigenvalue weighted by molar-refractivity contribution is -0.385. The van der Waals surface area contributed by atoms with Crippen LogP contribution in [0.2, 0.25) is 0 Å². The minimum Gasteiger partial charge on any atom is -0.508 e. The second-order valence-electron chi connectivity index (χ2n) is 7.27. The number of hydrogen-bond acceptors (Lipinski definition) is 7. The standard InChI is InChI=1S/C21H17N5O4/c27-13-6-3-5-12(11-13)20-23-21-22-15-8-4-10-17(28)18(15)19(25(21)24-20)14-7-1-2-9-16(14)26(29)30/h1-3,5-7,9,11,19,27H,4,8,10H2,(H,22,23,24). The van der Waals surface area contributed by atoms with E-state index < -0.39 is 11.0 Å². The number of Topliss-reactive ketones (excluding diaryl/α,β-unsaturated/α-hetero) is 1. The van der Waals surface area contributed by atoms with Crippen LogP contribution in [0, 0.1) is 10.1 Å². The highest BCUT2D eigenvalue weighted by Gasteiger charge is 2.39. The first-order valence-corrected chi connectivity index (χ1v) is 9.55. The summed E-state index contributed by atoms with van der Waals surface area (Å²) >= 11 is 0. The molecular formula is C21H17N5O4. The van der Waals surface area contributed by atoms with Crippen molar-refractivity contribution in [3.8, 4) is 17.1 Å².